The second-order valence-corrected chi connectivity index (χ2v) is 10.6. The van der Waals surface area contributed by atoms with Crippen LogP contribution in [0, 0.1) is 29.0 Å². The number of nitrogens with zero attached hydrogens (tertiary/aromatic N) is 1. The van der Waals surface area contributed by atoms with Gasteiger partial charge >= 0.3 is 0 Å². The third kappa shape index (κ3) is 3.54. The maximum atomic E-state index is 14.5. The van der Waals surface area contributed by atoms with Gasteiger partial charge in [0.25, 0.3) is 0 Å². The van der Waals surface area contributed by atoms with Gasteiger partial charge in [-0.25, -0.2) is 12.8 Å². The number of nitrogens with one attached hydrogen (secondary N) is 1. The lowest BCUT2D eigenvalue weighted by molar-refractivity contribution is 0.483. The van der Waals surface area contributed by atoms with E-state index in [1.54, 1.807) is 0 Å². The minimum Gasteiger partial charge on any atom is -0.361 e. The monoisotopic (exact) mass is 430 g/mol. The fraction of sp³-hybridized carbons (Fsp3) is 0.318. The van der Waals surface area contributed by atoms with Gasteiger partial charge in [0.15, 0.2) is 9.84 Å². The van der Waals surface area contributed by atoms with E-state index in [-0.39, 0.29) is 17.6 Å². The first-order chi connectivity index (χ1) is 13.6. The van der Waals surface area contributed by atoms with Gasteiger partial charge in [0.05, 0.1) is 23.3 Å². The van der Waals surface area contributed by atoms with Crippen molar-refractivity contribution in [2.75, 3.05) is 6.26 Å². The molecule has 29 heavy (non-hydrogen) atoms. The molecule has 1 fully saturated rings. The third-order valence-corrected chi connectivity index (χ3v) is 7.04. The highest BCUT2D eigenvalue weighted by molar-refractivity contribution is 7.89. The number of H-pyrrole nitrogens is 1. The largest absolute Gasteiger partial charge is 0.361 e. The van der Waals surface area contributed by atoms with Crippen LogP contribution < -0.4 is 0 Å². The van der Waals surface area contributed by atoms with Crippen molar-refractivity contribution in [2.24, 2.45) is 11.8 Å². The zero-order chi connectivity index (χ0) is 21.0. The Bertz CT molecular complexity index is 1240. The maximum absolute atomic E-state index is 14.5. The highest BCUT2D eigenvalue weighted by Gasteiger charge is 2.53. The highest BCUT2D eigenvalue weighted by atomic mass is 35.5. The lowest BCUT2D eigenvalue weighted by atomic mass is 9.71. The maximum Gasteiger partial charge on any atom is 0.151 e. The average Bonchev–Trinajstić information content (AvgIpc) is 3.32. The number of nitriles is 1. The molecule has 2 aromatic carbocycles. The van der Waals surface area contributed by atoms with E-state index in [2.05, 4.69) is 18.0 Å². The Hall–Kier alpha value is -2.36. The summed E-state index contributed by atoms with van der Waals surface area (Å²) >= 11 is 6.07. The molecule has 150 valence electrons. The molecule has 7 heteroatoms. The molecular formula is C22H20ClFN2O2S. The van der Waals surface area contributed by atoms with Crippen LogP contribution in [0.5, 0.6) is 0 Å². The normalized spacial score (nSPS) is 20.9. The number of sulfone groups is 1. The molecule has 1 N–H and O–H groups in total. The van der Waals surface area contributed by atoms with Gasteiger partial charge < -0.3 is 4.98 Å². The zero-order valence-electron chi connectivity index (χ0n) is 16.0. The van der Waals surface area contributed by atoms with Crippen molar-refractivity contribution >= 4 is 32.3 Å². The van der Waals surface area contributed by atoms with Crippen molar-refractivity contribution in [3.8, 4) is 6.07 Å². The third-order valence-electron chi connectivity index (χ3n) is 5.95. The van der Waals surface area contributed by atoms with Gasteiger partial charge in [-0.3, -0.25) is 0 Å². The second-order valence-electron chi connectivity index (χ2n) is 8.05. The topological polar surface area (TPSA) is 73.7 Å². The van der Waals surface area contributed by atoms with Gasteiger partial charge in [-0.15, -0.1) is 0 Å². The number of aromatic nitrogens is 1. The van der Waals surface area contributed by atoms with Gasteiger partial charge in [-0.05, 0) is 53.3 Å². The van der Waals surface area contributed by atoms with Crippen LogP contribution in [-0.4, -0.2) is 19.7 Å². The van der Waals surface area contributed by atoms with Crippen molar-refractivity contribution in [2.45, 2.75) is 24.5 Å². The molecule has 1 saturated carbocycles. The SMILES string of the molecule is CC(c1ccc(Cl)cc1)(c1c[nH]c2c(CS(C)(=O)=O)cc(F)cc12)C1CC1C#N. The lowest BCUT2D eigenvalue weighted by Gasteiger charge is -2.31. The molecule has 0 aliphatic heterocycles. The quantitative estimate of drug-likeness (QED) is 0.620. The Morgan fingerprint density at radius 3 is 2.59 bits per heavy atom. The van der Waals surface area contributed by atoms with E-state index in [1.165, 1.54) is 12.1 Å². The number of hydrogen-bond donors (Lipinski definition) is 1. The molecule has 4 rings (SSSR count). The molecular weight excluding hydrogens is 411 g/mol. The molecule has 3 aromatic rings. The number of aromatic amines is 1. The van der Waals surface area contributed by atoms with Crippen LogP contribution in [0.3, 0.4) is 0 Å². The molecule has 3 unspecified atom stereocenters. The Morgan fingerprint density at radius 2 is 2.00 bits per heavy atom. The minimum absolute atomic E-state index is 0.0781. The zero-order valence-corrected chi connectivity index (χ0v) is 17.6. The molecule has 0 amide bonds. The molecule has 1 heterocycles. The Labute approximate surface area is 174 Å². The van der Waals surface area contributed by atoms with E-state index in [9.17, 15) is 18.1 Å². The fourth-order valence-corrected chi connectivity index (χ4v) is 5.35. The number of fused-ring (bicyclic) bond motifs is 1. The van der Waals surface area contributed by atoms with Crippen molar-refractivity contribution in [3.05, 3.63) is 70.1 Å². The van der Waals surface area contributed by atoms with Crippen molar-refractivity contribution in [1.82, 2.24) is 4.98 Å². The Morgan fingerprint density at radius 1 is 1.31 bits per heavy atom. The minimum atomic E-state index is -3.33. The van der Waals surface area contributed by atoms with Crippen molar-refractivity contribution in [1.29, 1.82) is 5.26 Å². The number of hydrogen-bond acceptors (Lipinski definition) is 3. The summed E-state index contributed by atoms with van der Waals surface area (Å²) in [4.78, 5) is 3.17. The van der Waals surface area contributed by atoms with Gasteiger partial charge in [-0.1, -0.05) is 30.7 Å². The van der Waals surface area contributed by atoms with Crippen LogP contribution in [0.1, 0.15) is 30.0 Å². The molecule has 0 bridgehead atoms. The van der Waals surface area contributed by atoms with Gasteiger partial charge in [0, 0.05) is 28.3 Å². The fourth-order valence-electron chi connectivity index (χ4n) is 4.44. The van der Waals surface area contributed by atoms with E-state index in [0.29, 0.717) is 21.5 Å². The molecule has 0 radical (unpaired) electrons. The summed E-state index contributed by atoms with van der Waals surface area (Å²) in [5, 5.41) is 10.7. The summed E-state index contributed by atoms with van der Waals surface area (Å²) in [5.41, 5.74) is 2.31. The number of rotatable bonds is 5. The van der Waals surface area contributed by atoms with Gasteiger partial charge in [0.2, 0.25) is 0 Å². The molecule has 1 aliphatic rings. The summed E-state index contributed by atoms with van der Waals surface area (Å²) < 4.78 is 38.1. The van der Waals surface area contributed by atoms with Crippen LogP contribution in [0.4, 0.5) is 4.39 Å². The van der Waals surface area contributed by atoms with E-state index < -0.39 is 21.1 Å². The Kier molecular flexibility index (Phi) is 4.71. The predicted molar refractivity (Wildman–Crippen MR) is 112 cm³/mol. The molecule has 1 aromatic heterocycles. The first-order valence-corrected chi connectivity index (χ1v) is 11.7. The Balaban J connectivity index is 1.94. The van der Waals surface area contributed by atoms with Crippen LogP contribution in [0.25, 0.3) is 10.9 Å². The summed E-state index contributed by atoms with van der Waals surface area (Å²) in [6.45, 7) is 2.06. The number of halogens is 2. The van der Waals surface area contributed by atoms with E-state index in [1.807, 2.05) is 30.5 Å². The first-order valence-electron chi connectivity index (χ1n) is 9.27. The molecule has 1 aliphatic carbocycles. The van der Waals surface area contributed by atoms with Gasteiger partial charge in [-0.2, -0.15) is 5.26 Å². The van der Waals surface area contributed by atoms with E-state index >= 15 is 0 Å². The van der Waals surface area contributed by atoms with Gasteiger partial charge in [0.1, 0.15) is 5.82 Å². The highest BCUT2D eigenvalue weighted by Crippen LogP contribution is 2.56. The van der Waals surface area contributed by atoms with Crippen LogP contribution >= 0.6 is 11.6 Å². The first kappa shape index (κ1) is 19.9. The van der Waals surface area contributed by atoms with E-state index in [0.717, 1.165) is 23.8 Å². The second kappa shape index (κ2) is 6.86. The van der Waals surface area contributed by atoms with Crippen molar-refractivity contribution < 1.29 is 12.8 Å². The molecule has 4 nitrogen and oxygen atoms in total. The summed E-state index contributed by atoms with van der Waals surface area (Å²) in [6.07, 6.45) is 3.71. The predicted octanol–water partition coefficient (Wildman–Crippen LogP) is 4.97. The van der Waals surface area contributed by atoms with Crippen molar-refractivity contribution in [3.63, 3.8) is 0 Å². The number of benzene rings is 2. The average molecular weight is 431 g/mol. The molecule has 0 spiro atoms. The standard InChI is InChI=1S/C22H20ClFN2O2S/c1-22(19-8-13(19)10-25,15-3-5-16(23)6-4-15)20-11-26-21-14(12-29(2,27)28)7-17(24)9-18(20)21/h3-7,9,11,13,19,26H,8,12H2,1-2H3. The lowest BCUT2D eigenvalue weighted by Crippen LogP contribution is -2.27. The van der Waals surface area contributed by atoms with Crippen LogP contribution in [-0.2, 0) is 21.0 Å². The van der Waals surface area contributed by atoms with Crippen LogP contribution in [0.15, 0.2) is 42.6 Å². The van der Waals surface area contributed by atoms with Crippen LogP contribution in [0.2, 0.25) is 5.02 Å². The summed E-state index contributed by atoms with van der Waals surface area (Å²) in [7, 11) is -3.33. The summed E-state index contributed by atoms with van der Waals surface area (Å²) in [6, 6.07) is 12.5. The molecule has 3 atom stereocenters. The summed E-state index contributed by atoms with van der Waals surface area (Å²) in [5.74, 6) is -0.731. The van der Waals surface area contributed by atoms with E-state index in [4.69, 9.17) is 11.6 Å². The smallest absolute Gasteiger partial charge is 0.151 e. The molecule has 0 saturated heterocycles.